The fraction of sp³-hybridized carbons (Fsp3) is 0.241. The number of thiophene rings is 1. The Morgan fingerprint density at radius 2 is 1.19 bits per heavy atom. The third-order valence-electron chi connectivity index (χ3n) is 6.36. The van der Waals surface area contributed by atoms with Crippen LogP contribution in [0.3, 0.4) is 0 Å². The van der Waals surface area contributed by atoms with Crippen molar-refractivity contribution >= 4 is 44.4 Å². The number of aryl methyl sites for hydroxylation is 1. The van der Waals surface area contributed by atoms with E-state index in [0.29, 0.717) is 0 Å². The van der Waals surface area contributed by atoms with E-state index in [-0.39, 0.29) is 0 Å². The summed E-state index contributed by atoms with van der Waals surface area (Å²) in [4.78, 5) is 1.37. The van der Waals surface area contributed by atoms with Crippen LogP contribution in [0.25, 0.3) is 0 Å². The normalized spacial score (nSPS) is 12.9. The van der Waals surface area contributed by atoms with Crippen LogP contribution in [0.4, 0.5) is 0 Å². The zero-order valence-corrected chi connectivity index (χ0v) is 21.3. The van der Waals surface area contributed by atoms with Crippen molar-refractivity contribution in [3.63, 3.8) is 0 Å². The second-order valence-electron chi connectivity index (χ2n) is 8.58. The van der Waals surface area contributed by atoms with Crippen molar-refractivity contribution in [2.24, 2.45) is 0 Å². The summed E-state index contributed by atoms with van der Waals surface area (Å²) in [6.45, 7) is 2.27. The fourth-order valence-corrected chi connectivity index (χ4v) is 12.5. The molecule has 1 heterocycles. The third-order valence-corrected chi connectivity index (χ3v) is 14.7. The average molecular weight is 479 g/mol. The second-order valence-corrected chi connectivity index (χ2v) is 16.0. The first kappa shape index (κ1) is 23.2. The molecule has 0 aliphatic heterocycles. The molecule has 0 amide bonds. The molecule has 0 atom stereocenters. The van der Waals surface area contributed by atoms with E-state index in [1.54, 1.807) is 0 Å². The molecule has 0 bridgehead atoms. The summed E-state index contributed by atoms with van der Waals surface area (Å²) < 4.78 is 0. The van der Waals surface area contributed by atoms with Gasteiger partial charge >= 0.3 is 203 Å². The van der Waals surface area contributed by atoms with Gasteiger partial charge in [0.2, 0.25) is 0 Å². The van der Waals surface area contributed by atoms with Crippen molar-refractivity contribution in [2.75, 3.05) is 0 Å². The Balaban J connectivity index is 1.83. The van der Waals surface area contributed by atoms with Crippen LogP contribution in [0.15, 0.2) is 102 Å². The van der Waals surface area contributed by atoms with E-state index in [0.717, 1.165) is 12.6 Å². The summed E-state index contributed by atoms with van der Waals surface area (Å²) in [5.74, 6) is -3.23. The number of hydrogen-bond donors (Lipinski definition) is 0. The molecule has 0 spiro atoms. The number of rotatable bonds is 10. The molecule has 0 radical (unpaired) electrons. The summed E-state index contributed by atoms with van der Waals surface area (Å²) in [6.07, 6.45) is 7.19. The van der Waals surface area contributed by atoms with Gasteiger partial charge < -0.3 is 0 Å². The summed E-state index contributed by atoms with van der Waals surface area (Å²) >= 11 is 10.1. The standard InChI is InChI=1S/C29H32ClPS/c1-2-3-4-8-15-25-22-29(32-24-25)23-31(30,26-16-9-5-10-17-26,27-18-11-6-12-19-27)28-20-13-7-14-21-28/h5-7,9-14,16-22,24H,2-4,8,15,23H2,1H3. The zero-order valence-electron chi connectivity index (χ0n) is 18.8. The SMILES string of the molecule is CCCCCCc1csc(CP(Cl)(c2ccccc2)(c2ccccc2)c2ccccc2)c1. The average Bonchev–Trinajstić information content (AvgIpc) is 3.30. The van der Waals surface area contributed by atoms with Gasteiger partial charge in [0.15, 0.2) is 0 Å². The molecular weight excluding hydrogens is 447 g/mol. The molecule has 0 aliphatic carbocycles. The third kappa shape index (κ3) is 4.58. The van der Waals surface area contributed by atoms with Crippen LogP contribution in [0.2, 0.25) is 0 Å². The molecule has 4 aromatic rings. The molecule has 0 saturated heterocycles. The Bertz CT molecular complexity index is 1010. The molecule has 1 aromatic heterocycles. The zero-order chi connectivity index (χ0) is 22.3. The summed E-state index contributed by atoms with van der Waals surface area (Å²) in [6, 6.07) is 34.8. The Kier molecular flexibility index (Phi) is 7.51. The maximum atomic E-state index is 8.20. The topological polar surface area (TPSA) is 0 Å². The molecule has 0 unspecified atom stereocenters. The quantitative estimate of drug-likeness (QED) is 0.160. The van der Waals surface area contributed by atoms with Gasteiger partial charge in [-0.1, -0.05) is 0 Å². The van der Waals surface area contributed by atoms with Gasteiger partial charge in [-0.15, -0.1) is 0 Å². The van der Waals surface area contributed by atoms with E-state index < -0.39 is 5.96 Å². The first-order chi connectivity index (χ1) is 15.6. The van der Waals surface area contributed by atoms with Crippen LogP contribution >= 0.6 is 28.5 Å². The summed E-state index contributed by atoms with van der Waals surface area (Å²) in [7, 11) is 0. The van der Waals surface area contributed by atoms with Crippen molar-refractivity contribution in [2.45, 2.75) is 45.2 Å². The van der Waals surface area contributed by atoms with Crippen LogP contribution in [0, 0.1) is 0 Å². The van der Waals surface area contributed by atoms with Crippen molar-refractivity contribution in [3.8, 4) is 0 Å². The molecule has 0 nitrogen and oxygen atoms in total. The molecule has 0 saturated carbocycles. The van der Waals surface area contributed by atoms with E-state index >= 15 is 0 Å². The Morgan fingerprint density at radius 1 is 0.688 bits per heavy atom. The summed E-state index contributed by atoms with van der Waals surface area (Å²) in [5.41, 5.74) is 1.46. The van der Waals surface area contributed by atoms with Crippen LogP contribution in [0.1, 0.15) is 43.0 Å². The van der Waals surface area contributed by atoms with Gasteiger partial charge in [-0.05, 0) is 0 Å². The number of unbranched alkanes of at least 4 members (excludes halogenated alkanes) is 3. The molecule has 0 fully saturated rings. The first-order valence-corrected chi connectivity index (χ1v) is 15.8. The van der Waals surface area contributed by atoms with Gasteiger partial charge in [-0.3, -0.25) is 0 Å². The van der Waals surface area contributed by atoms with E-state index in [9.17, 15) is 0 Å². The second kappa shape index (κ2) is 10.3. The molecule has 166 valence electrons. The van der Waals surface area contributed by atoms with Gasteiger partial charge in [0.05, 0.1) is 0 Å². The monoisotopic (exact) mass is 478 g/mol. The van der Waals surface area contributed by atoms with Crippen molar-refractivity contribution in [1.82, 2.24) is 0 Å². The Hall–Kier alpha value is -1.92. The van der Waals surface area contributed by atoms with Crippen molar-refractivity contribution in [3.05, 3.63) is 113 Å². The van der Waals surface area contributed by atoms with Crippen LogP contribution < -0.4 is 15.9 Å². The Labute approximate surface area is 202 Å². The van der Waals surface area contributed by atoms with Crippen molar-refractivity contribution < 1.29 is 0 Å². The fourth-order valence-electron chi connectivity index (χ4n) is 4.63. The number of halogens is 1. The van der Waals surface area contributed by atoms with E-state index in [4.69, 9.17) is 11.2 Å². The molecule has 32 heavy (non-hydrogen) atoms. The minimum atomic E-state index is -3.23. The number of hydrogen-bond acceptors (Lipinski definition) is 1. The predicted octanol–water partition coefficient (Wildman–Crippen LogP) is 8.05. The van der Waals surface area contributed by atoms with Gasteiger partial charge in [0.1, 0.15) is 0 Å². The first-order valence-electron chi connectivity index (χ1n) is 11.6. The molecule has 3 aromatic carbocycles. The van der Waals surface area contributed by atoms with Crippen LogP contribution in [0.5, 0.6) is 0 Å². The van der Waals surface area contributed by atoms with Crippen molar-refractivity contribution in [1.29, 1.82) is 0 Å². The van der Waals surface area contributed by atoms with Gasteiger partial charge in [-0.25, -0.2) is 0 Å². The molecule has 3 heteroatoms. The Morgan fingerprint density at radius 3 is 1.66 bits per heavy atom. The molecular formula is C29H32ClPS. The van der Waals surface area contributed by atoms with Crippen LogP contribution in [-0.4, -0.2) is 0 Å². The number of benzene rings is 3. The summed E-state index contributed by atoms with van der Waals surface area (Å²) in [5, 5.41) is 6.04. The molecule has 0 aliphatic rings. The molecule has 4 rings (SSSR count). The van der Waals surface area contributed by atoms with Gasteiger partial charge in [-0.2, -0.15) is 0 Å². The van der Waals surface area contributed by atoms with Crippen LogP contribution in [-0.2, 0) is 12.6 Å². The van der Waals surface area contributed by atoms with Gasteiger partial charge in [0, 0.05) is 0 Å². The van der Waals surface area contributed by atoms with E-state index in [2.05, 4.69) is 109 Å². The van der Waals surface area contributed by atoms with E-state index in [1.807, 2.05) is 11.3 Å². The maximum absolute atomic E-state index is 8.20. The predicted molar refractivity (Wildman–Crippen MR) is 147 cm³/mol. The van der Waals surface area contributed by atoms with E-state index in [1.165, 1.54) is 52.0 Å². The minimum absolute atomic E-state index is 0.838. The van der Waals surface area contributed by atoms with Gasteiger partial charge in [0.25, 0.3) is 0 Å². The molecule has 0 N–H and O–H groups in total.